The summed E-state index contributed by atoms with van der Waals surface area (Å²) < 4.78 is 0. The molecule has 0 amide bonds. The van der Waals surface area contributed by atoms with Gasteiger partial charge in [0.25, 0.3) is 0 Å². The van der Waals surface area contributed by atoms with Crippen LogP contribution in [0.25, 0.3) is 0 Å². The van der Waals surface area contributed by atoms with E-state index in [9.17, 15) is 5.11 Å². The van der Waals surface area contributed by atoms with E-state index in [2.05, 4.69) is 29.1 Å². The molecule has 0 radical (unpaired) electrons. The van der Waals surface area contributed by atoms with E-state index in [0.717, 1.165) is 25.7 Å². The molecule has 0 bridgehead atoms. The van der Waals surface area contributed by atoms with E-state index < -0.39 is 5.60 Å². The van der Waals surface area contributed by atoms with Crippen LogP contribution in [0.5, 0.6) is 0 Å². The van der Waals surface area contributed by atoms with Crippen LogP contribution in [0.4, 0.5) is 0 Å². The van der Waals surface area contributed by atoms with E-state index in [0.29, 0.717) is 6.61 Å². The zero-order valence-electron chi connectivity index (χ0n) is 8.78. The topological polar surface area (TPSA) is 55.5 Å². The largest absolute Gasteiger partial charge is 0.390 e. The van der Waals surface area contributed by atoms with Gasteiger partial charge in [-0.1, -0.05) is 24.3 Å². The average molecular weight is 207 g/mol. The molecule has 0 heterocycles. The first-order chi connectivity index (χ1) is 7.22. The van der Waals surface area contributed by atoms with Crippen LogP contribution >= 0.6 is 0 Å². The third-order valence-electron chi connectivity index (χ3n) is 2.89. The van der Waals surface area contributed by atoms with Crippen LogP contribution in [0.2, 0.25) is 0 Å². The summed E-state index contributed by atoms with van der Waals surface area (Å²) in [5, 5.41) is 9.76. The van der Waals surface area contributed by atoms with Crippen molar-refractivity contribution in [2.75, 3.05) is 6.61 Å². The van der Waals surface area contributed by atoms with Gasteiger partial charge in [0.1, 0.15) is 0 Å². The van der Waals surface area contributed by atoms with Crippen molar-refractivity contribution >= 4 is 0 Å². The highest BCUT2D eigenvalue weighted by molar-refractivity contribution is 5.25. The average Bonchev–Trinajstić information content (AvgIpc) is 2.95. The molecule has 82 valence electrons. The molecule has 1 aromatic carbocycles. The number of aliphatic hydroxyl groups is 1. The van der Waals surface area contributed by atoms with Crippen LogP contribution < -0.4 is 5.90 Å². The van der Waals surface area contributed by atoms with Crippen LogP contribution in [0.1, 0.15) is 24.0 Å². The monoisotopic (exact) mass is 207 g/mol. The normalized spacial score (nSPS) is 17.7. The van der Waals surface area contributed by atoms with Gasteiger partial charge in [0.15, 0.2) is 0 Å². The zero-order chi connectivity index (χ0) is 10.7. The lowest BCUT2D eigenvalue weighted by molar-refractivity contribution is 0.141. The Balaban J connectivity index is 1.91. The maximum atomic E-state index is 9.76. The highest BCUT2D eigenvalue weighted by Crippen LogP contribution is 2.38. The van der Waals surface area contributed by atoms with Gasteiger partial charge in [-0.05, 0) is 30.4 Å². The van der Waals surface area contributed by atoms with Crippen molar-refractivity contribution in [1.82, 2.24) is 0 Å². The molecule has 0 aromatic heterocycles. The lowest BCUT2D eigenvalue weighted by Crippen LogP contribution is -2.10. The van der Waals surface area contributed by atoms with Crippen molar-refractivity contribution in [3.8, 4) is 0 Å². The van der Waals surface area contributed by atoms with Crippen LogP contribution in [0.3, 0.4) is 0 Å². The van der Waals surface area contributed by atoms with Crippen molar-refractivity contribution < 1.29 is 9.94 Å². The minimum atomic E-state index is -0.401. The molecule has 1 aliphatic rings. The molecule has 2 rings (SSSR count). The summed E-state index contributed by atoms with van der Waals surface area (Å²) in [6.07, 6.45) is 3.49. The Bertz CT molecular complexity index is 317. The molecule has 3 nitrogen and oxygen atoms in total. The number of rotatable bonds is 5. The Morgan fingerprint density at radius 1 is 1.20 bits per heavy atom. The third kappa shape index (κ3) is 3.02. The van der Waals surface area contributed by atoms with Gasteiger partial charge >= 0.3 is 0 Å². The Morgan fingerprint density at radius 3 is 2.33 bits per heavy atom. The Hall–Kier alpha value is -0.900. The molecule has 3 heteroatoms. The summed E-state index contributed by atoms with van der Waals surface area (Å²) in [5.41, 5.74) is 2.02. The van der Waals surface area contributed by atoms with E-state index in [-0.39, 0.29) is 0 Å². The molecule has 15 heavy (non-hydrogen) atoms. The van der Waals surface area contributed by atoms with Crippen LogP contribution in [-0.4, -0.2) is 17.3 Å². The number of nitrogens with two attached hydrogens (primary N) is 1. The lowest BCUT2D eigenvalue weighted by Gasteiger charge is -2.08. The van der Waals surface area contributed by atoms with Crippen molar-refractivity contribution in [3.05, 3.63) is 35.4 Å². The highest BCUT2D eigenvalue weighted by atomic mass is 16.6. The summed E-state index contributed by atoms with van der Waals surface area (Å²) in [6, 6.07) is 8.28. The second kappa shape index (κ2) is 4.31. The minimum absolute atomic E-state index is 0.401. The van der Waals surface area contributed by atoms with Gasteiger partial charge < -0.3 is 9.94 Å². The van der Waals surface area contributed by atoms with E-state index in [1.807, 2.05) is 0 Å². The molecule has 1 aliphatic carbocycles. The second-order valence-electron chi connectivity index (χ2n) is 4.34. The Labute approximate surface area is 89.8 Å². The van der Waals surface area contributed by atoms with Gasteiger partial charge in [0.2, 0.25) is 0 Å². The summed E-state index contributed by atoms with van der Waals surface area (Å²) in [6.45, 7) is 0.545. The second-order valence-corrected chi connectivity index (χ2v) is 4.34. The molecule has 0 unspecified atom stereocenters. The van der Waals surface area contributed by atoms with Gasteiger partial charge in [-0.15, -0.1) is 0 Å². The van der Waals surface area contributed by atoms with Crippen molar-refractivity contribution in [2.24, 2.45) is 5.90 Å². The van der Waals surface area contributed by atoms with Gasteiger partial charge in [-0.3, -0.25) is 0 Å². The molecule has 0 saturated heterocycles. The molecule has 1 saturated carbocycles. The minimum Gasteiger partial charge on any atom is -0.390 e. The quantitative estimate of drug-likeness (QED) is 0.713. The molecular weight excluding hydrogens is 190 g/mol. The predicted molar refractivity (Wildman–Crippen MR) is 58.2 cm³/mol. The first-order valence-electron chi connectivity index (χ1n) is 5.34. The first-order valence-corrected chi connectivity index (χ1v) is 5.34. The van der Waals surface area contributed by atoms with Crippen molar-refractivity contribution in [2.45, 2.75) is 31.3 Å². The van der Waals surface area contributed by atoms with E-state index in [1.165, 1.54) is 11.1 Å². The van der Waals surface area contributed by atoms with Gasteiger partial charge in [-0.25, -0.2) is 5.90 Å². The number of benzene rings is 1. The van der Waals surface area contributed by atoms with Crippen LogP contribution in [0, 0.1) is 0 Å². The summed E-state index contributed by atoms with van der Waals surface area (Å²) in [5.74, 6) is 4.96. The maximum absolute atomic E-state index is 9.76. The highest BCUT2D eigenvalue weighted by Gasteiger charge is 2.39. The summed E-state index contributed by atoms with van der Waals surface area (Å²) >= 11 is 0. The molecule has 0 aliphatic heterocycles. The summed E-state index contributed by atoms with van der Waals surface area (Å²) in [4.78, 5) is 4.53. The number of hydrogen-bond acceptors (Lipinski definition) is 3. The van der Waals surface area contributed by atoms with Gasteiger partial charge in [0.05, 0.1) is 12.2 Å². The van der Waals surface area contributed by atoms with Crippen LogP contribution in [0.15, 0.2) is 24.3 Å². The molecule has 1 fully saturated rings. The van der Waals surface area contributed by atoms with Gasteiger partial charge in [0, 0.05) is 6.42 Å². The van der Waals surface area contributed by atoms with Crippen molar-refractivity contribution in [3.63, 3.8) is 0 Å². The fourth-order valence-corrected chi connectivity index (χ4v) is 1.70. The SMILES string of the molecule is NOCCc1ccc(CC2(O)CC2)cc1. The molecule has 0 spiro atoms. The standard InChI is InChI=1S/C12H17NO2/c13-15-8-5-10-1-3-11(4-2-10)9-12(14)6-7-12/h1-4,14H,5-9,13H2. The van der Waals surface area contributed by atoms with E-state index >= 15 is 0 Å². The van der Waals surface area contributed by atoms with Gasteiger partial charge in [-0.2, -0.15) is 0 Å². The fraction of sp³-hybridized carbons (Fsp3) is 0.500. The fourth-order valence-electron chi connectivity index (χ4n) is 1.70. The molecule has 1 aromatic rings. The molecule has 3 N–H and O–H groups in total. The molecule has 0 atom stereocenters. The Morgan fingerprint density at radius 2 is 1.80 bits per heavy atom. The third-order valence-corrected chi connectivity index (χ3v) is 2.89. The lowest BCUT2D eigenvalue weighted by atomic mass is 10.0. The smallest absolute Gasteiger partial charge is 0.0719 e. The summed E-state index contributed by atoms with van der Waals surface area (Å²) in [7, 11) is 0. The van der Waals surface area contributed by atoms with Crippen LogP contribution in [-0.2, 0) is 17.7 Å². The zero-order valence-corrected chi connectivity index (χ0v) is 8.78. The van der Waals surface area contributed by atoms with Crippen molar-refractivity contribution in [1.29, 1.82) is 0 Å². The predicted octanol–water partition coefficient (Wildman–Crippen LogP) is 1.19. The van der Waals surface area contributed by atoms with E-state index in [1.54, 1.807) is 0 Å². The first kappa shape index (κ1) is 10.6. The number of hydrogen-bond donors (Lipinski definition) is 2. The molecular formula is C12H17NO2. The Kier molecular flexibility index (Phi) is 3.05. The van der Waals surface area contributed by atoms with E-state index in [4.69, 9.17) is 5.90 Å². The maximum Gasteiger partial charge on any atom is 0.0719 e.